The number of nitrogen functional groups attached to an aromatic ring is 1. The lowest BCUT2D eigenvalue weighted by Crippen LogP contribution is -2.12. The smallest absolute Gasteiger partial charge is 0.197 e. The van der Waals surface area contributed by atoms with E-state index in [1.807, 2.05) is 24.3 Å². The van der Waals surface area contributed by atoms with E-state index in [0.29, 0.717) is 9.41 Å². The van der Waals surface area contributed by atoms with Gasteiger partial charge in [0, 0.05) is 5.39 Å². The van der Waals surface area contributed by atoms with E-state index >= 15 is 0 Å². The van der Waals surface area contributed by atoms with Gasteiger partial charge in [0.1, 0.15) is 4.64 Å². The molecule has 0 saturated heterocycles. The maximum Gasteiger partial charge on any atom is 0.197 e. The Labute approximate surface area is 84.8 Å². The third-order valence-corrected chi connectivity index (χ3v) is 2.55. The predicted molar refractivity (Wildman–Crippen MR) is 58.1 cm³/mol. The number of H-pyrrole nitrogens is 1. The first-order valence-corrected chi connectivity index (χ1v) is 4.51. The highest BCUT2D eigenvalue weighted by molar-refractivity contribution is 7.72. The normalized spacial score (nSPS) is 10.5. The summed E-state index contributed by atoms with van der Waals surface area (Å²) in [5.74, 6) is 5.63. The lowest BCUT2D eigenvalue weighted by molar-refractivity contribution is 0.917. The minimum Gasteiger partial charge on any atom is -0.336 e. The van der Waals surface area contributed by atoms with Crippen molar-refractivity contribution in [2.24, 2.45) is 0 Å². The molecule has 2 aromatic rings. The lowest BCUT2D eigenvalue weighted by Gasteiger charge is -2.02. The monoisotopic (exact) mass is 209 g/mol. The summed E-state index contributed by atoms with van der Waals surface area (Å²) < 4.78 is 2.29. The van der Waals surface area contributed by atoms with Crippen molar-refractivity contribution in [3.8, 4) is 0 Å². The first kappa shape index (κ1) is 8.40. The molecule has 5 heteroatoms. The molecular formula is C8H7N3S2. The van der Waals surface area contributed by atoms with E-state index in [2.05, 4.69) is 4.98 Å². The average molecular weight is 209 g/mol. The molecule has 0 aliphatic heterocycles. The largest absolute Gasteiger partial charge is 0.336 e. The van der Waals surface area contributed by atoms with Gasteiger partial charge in [-0.2, -0.15) is 0 Å². The summed E-state index contributed by atoms with van der Waals surface area (Å²) >= 11 is 10.1. The molecule has 66 valence electrons. The van der Waals surface area contributed by atoms with Crippen LogP contribution in [0.3, 0.4) is 0 Å². The molecule has 0 saturated carbocycles. The first-order chi connectivity index (χ1) is 6.20. The van der Waals surface area contributed by atoms with E-state index in [1.165, 1.54) is 4.68 Å². The second kappa shape index (κ2) is 2.93. The van der Waals surface area contributed by atoms with Gasteiger partial charge < -0.3 is 10.8 Å². The summed E-state index contributed by atoms with van der Waals surface area (Å²) in [6.45, 7) is 0. The molecule has 0 atom stereocenters. The first-order valence-electron chi connectivity index (χ1n) is 3.69. The number of benzene rings is 1. The second-order valence-corrected chi connectivity index (χ2v) is 3.42. The number of aromatic nitrogens is 2. The minimum atomic E-state index is 0.434. The van der Waals surface area contributed by atoms with Crippen LogP contribution in [0.5, 0.6) is 0 Å². The van der Waals surface area contributed by atoms with Crippen LogP contribution in [-0.4, -0.2) is 9.66 Å². The van der Waals surface area contributed by atoms with Gasteiger partial charge >= 0.3 is 0 Å². The van der Waals surface area contributed by atoms with E-state index in [-0.39, 0.29) is 0 Å². The Morgan fingerprint density at radius 2 is 1.92 bits per heavy atom. The number of rotatable bonds is 0. The highest BCUT2D eigenvalue weighted by Crippen LogP contribution is 2.11. The van der Waals surface area contributed by atoms with Crippen LogP contribution in [0.25, 0.3) is 10.9 Å². The van der Waals surface area contributed by atoms with Gasteiger partial charge in [-0.1, -0.05) is 24.4 Å². The van der Waals surface area contributed by atoms with Crippen molar-refractivity contribution in [2.75, 3.05) is 5.84 Å². The molecular weight excluding hydrogens is 202 g/mol. The van der Waals surface area contributed by atoms with Crippen LogP contribution in [0.2, 0.25) is 0 Å². The lowest BCUT2D eigenvalue weighted by atomic mass is 10.2. The second-order valence-electron chi connectivity index (χ2n) is 2.65. The van der Waals surface area contributed by atoms with Crippen molar-refractivity contribution < 1.29 is 0 Å². The summed E-state index contributed by atoms with van der Waals surface area (Å²) in [5, 5.41) is 0.911. The van der Waals surface area contributed by atoms with Crippen molar-refractivity contribution in [3.05, 3.63) is 33.7 Å². The fourth-order valence-corrected chi connectivity index (χ4v) is 1.70. The number of nitrogens with one attached hydrogen (secondary N) is 1. The zero-order valence-electron chi connectivity index (χ0n) is 6.65. The SMILES string of the molecule is Nn1c(=S)[nH]c2ccccc2c1=S. The van der Waals surface area contributed by atoms with Gasteiger partial charge in [-0.3, -0.25) is 0 Å². The molecule has 0 unspecified atom stereocenters. The molecule has 0 radical (unpaired) electrons. The molecule has 0 bridgehead atoms. The van der Waals surface area contributed by atoms with E-state index in [9.17, 15) is 0 Å². The highest BCUT2D eigenvalue weighted by Gasteiger charge is 1.97. The minimum absolute atomic E-state index is 0.434. The van der Waals surface area contributed by atoms with Gasteiger partial charge in [0.05, 0.1) is 5.52 Å². The summed E-state index contributed by atoms with van der Waals surface area (Å²) in [5.41, 5.74) is 0.916. The van der Waals surface area contributed by atoms with Crippen molar-refractivity contribution in [2.45, 2.75) is 0 Å². The van der Waals surface area contributed by atoms with Gasteiger partial charge in [-0.25, -0.2) is 4.68 Å². The van der Waals surface area contributed by atoms with Crippen LogP contribution >= 0.6 is 24.4 Å². The predicted octanol–water partition coefficient (Wildman–Crippen LogP) is 2.14. The van der Waals surface area contributed by atoms with E-state index in [1.54, 1.807) is 0 Å². The Morgan fingerprint density at radius 1 is 1.23 bits per heavy atom. The Morgan fingerprint density at radius 3 is 2.69 bits per heavy atom. The number of hydrogen-bond acceptors (Lipinski definition) is 3. The zero-order chi connectivity index (χ0) is 9.42. The molecule has 1 aromatic carbocycles. The Balaban J connectivity index is 3.12. The van der Waals surface area contributed by atoms with Crippen LogP contribution in [0.15, 0.2) is 24.3 Å². The van der Waals surface area contributed by atoms with Crippen LogP contribution in [-0.2, 0) is 0 Å². The van der Waals surface area contributed by atoms with E-state index in [4.69, 9.17) is 30.3 Å². The molecule has 3 nitrogen and oxygen atoms in total. The third kappa shape index (κ3) is 1.26. The Bertz CT molecular complexity index is 567. The number of nitrogens with zero attached hydrogens (tertiary/aromatic N) is 1. The Kier molecular flexibility index (Phi) is 1.90. The standard InChI is InChI=1S/C8H7N3S2/c9-11-7(12)5-3-1-2-4-6(5)10-8(11)13/h1-4H,9H2,(H,10,13). The molecule has 2 rings (SSSR count). The highest BCUT2D eigenvalue weighted by atomic mass is 32.1. The zero-order valence-corrected chi connectivity index (χ0v) is 8.28. The molecule has 0 aliphatic carbocycles. The van der Waals surface area contributed by atoms with Crippen molar-refractivity contribution in [1.29, 1.82) is 0 Å². The summed E-state index contributed by atoms with van der Waals surface area (Å²) in [7, 11) is 0. The maximum absolute atomic E-state index is 5.63. The third-order valence-electron chi connectivity index (χ3n) is 1.84. The number of para-hydroxylation sites is 1. The van der Waals surface area contributed by atoms with Crippen molar-refractivity contribution >= 4 is 35.3 Å². The Hall–Kier alpha value is -1.20. The molecule has 1 aromatic heterocycles. The molecule has 3 N–H and O–H groups in total. The number of aromatic amines is 1. The number of hydrogen-bond donors (Lipinski definition) is 2. The summed E-state index contributed by atoms with van der Waals surface area (Å²) in [6, 6.07) is 7.66. The maximum atomic E-state index is 5.63. The van der Waals surface area contributed by atoms with Crippen LogP contribution < -0.4 is 5.84 Å². The molecule has 0 fully saturated rings. The molecule has 0 spiro atoms. The van der Waals surface area contributed by atoms with Crippen molar-refractivity contribution in [1.82, 2.24) is 9.66 Å². The van der Waals surface area contributed by atoms with E-state index < -0.39 is 0 Å². The quantitative estimate of drug-likeness (QED) is 0.516. The number of nitrogens with two attached hydrogens (primary N) is 1. The molecule has 1 heterocycles. The average Bonchev–Trinajstić information content (AvgIpc) is 2.15. The molecule has 0 amide bonds. The van der Waals surface area contributed by atoms with Crippen LogP contribution in [0.4, 0.5) is 0 Å². The van der Waals surface area contributed by atoms with E-state index in [0.717, 1.165) is 10.9 Å². The van der Waals surface area contributed by atoms with Crippen LogP contribution in [0.1, 0.15) is 0 Å². The van der Waals surface area contributed by atoms with Crippen molar-refractivity contribution in [3.63, 3.8) is 0 Å². The van der Waals surface area contributed by atoms with Crippen LogP contribution in [0, 0.1) is 9.41 Å². The molecule has 13 heavy (non-hydrogen) atoms. The van der Waals surface area contributed by atoms with Gasteiger partial charge in [0.2, 0.25) is 0 Å². The fourth-order valence-electron chi connectivity index (χ4n) is 1.18. The fraction of sp³-hybridized carbons (Fsp3) is 0. The van der Waals surface area contributed by atoms with Gasteiger partial charge in [-0.15, -0.1) is 0 Å². The summed E-state index contributed by atoms with van der Waals surface area (Å²) in [4.78, 5) is 2.98. The van der Waals surface area contributed by atoms with Gasteiger partial charge in [0.25, 0.3) is 0 Å². The van der Waals surface area contributed by atoms with Gasteiger partial charge in [-0.05, 0) is 24.4 Å². The number of fused-ring (bicyclic) bond motifs is 1. The topological polar surface area (TPSA) is 46.7 Å². The van der Waals surface area contributed by atoms with Gasteiger partial charge in [0.15, 0.2) is 4.77 Å². The summed E-state index contributed by atoms with van der Waals surface area (Å²) in [6.07, 6.45) is 0. The molecule has 0 aliphatic rings.